The van der Waals surface area contributed by atoms with Gasteiger partial charge in [0.1, 0.15) is 5.82 Å². The maximum Gasteiger partial charge on any atom is 0.123 e. The van der Waals surface area contributed by atoms with E-state index in [-0.39, 0.29) is 17.9 Å². The Morgan fingerprint density at radius 2 is 2.14 bits per heavy atom. The minimum atomic E-state index is -0.188. The third-order valence-electron chi connectivity index (χ3n) is 3.61. The van der Waals surface area contributed by atoms with Crippen LogP contribution in [0.25, 0.3) is 0 Å². The summed E-state index contributed by atoms with van der Waals surface area (Å²) in [4.78, 5) is 1.15. The van der Waals surface area contributed by atoms with Crippen LogP contribution in [0, 0.1) is 5.82 Å². The summed E-state index contributed by atoms with van der Waals surface area (Å²) < 4.78 is 14.9. The van der Waals surface area contributed by atoms with Crippen molar-refractivity contribution in [3.8, 4) is 0 Å². The van der Waals surface area contributed by atoms with Crippen molar-refractivity contribution in [3.63, 3.8) is 0 Å². The van der Waals surface area contributed by atoms with Gasteiger partial charge >= 0.3 is 0 Å². The molecule has 0 bridgehead atoms. The van der Waals surface area contributed by atoms with Gasteiger partial charge in [-0.25, -0.2) is 4.39 Å². The summed E-state index contributed by atoms with van der Waals surface area (Å²) in [6.07, 6.45) is 0.973. The minimum Gasteiger partial charge on any atom is -0.303 e. The van der Waals surface area contributed by atoms with E-state index in [0.29, 0.717) is 8.67 Å². The molecule has 1 nitrogen and oxygen atoms in total. The van der Waals surface area contributed by atoms with Gasteiger partial charge in [0, 0.05) is 17.0 Å². The van der Waals surface area contributed by atoms with Crippen LogP contribution in [0.4, 0.5) is 4.39 Å². The molecular formula is C15H14Cl2FNS2. The second-order valence-corrected chi connectivity index (χ2v) is 8.46. The molecular weight excluding hydrogens is 348 g/mol. The zero-order valence-electron chi connectivity index (χ0n) is 11.3. The summed E-state index contributed by atoms with van der Waals surface area (Å²) in [6, 6.07) is 7.13. The Morgan fingerprint density at radius 3 is 2.86 bits per heavy atom. The highest BCUT2D eigenvalue weighted by Crippen LogP contribution is 2.40. The van der Waals surface area contributed by atoms with Crippen LogP contribution in [0.2, 0.25) is 8.67 Å². The van der Waals surface area contributed by atoms with Crippen LogP contribution < -0.4 is 5.32 Å². The summed E-state index contributed by atoms with van der Waals surface area (Å²) in [6.45, 7) is 2.06. The lowest BCUT2D eigenvalue weighted by Crippen LogP contribution is -2.27. The van der Waals surface area contributed by atoms with Crippen LogP contribution >= 0.6 is 46.3 Å². The quantitative estimate of drug-likeness (QED) is 0.710. The molecule has 1 aliphatic heterocycles. The molecule has 2 unspecified atom stereocenters. The maximum atomic E-state index is 13.5. The first-order valence-corrected chi connectivity index (χ1v) is 9.23. The normalized spacial score (nSPS) is 19.3. The lowest BCUT2D eigenvalue weighted by Gasteiger charge is -2.29. The van der Waals surface area contributed by atoms with E-state index in [1.807, 2.05) is 12.1 Å². The van der Waals surface area contributed by atoms with Crippen molar-refractivity contribution in [2.75, 3.05) is 5.75 Å². The van der Waals surface area contributed by atoms with Gasteiger partial charge in [0.2, 0.25) is 0 Å². The lowest BCUT2D eigenvalue weighted by atomic mass is 10.0. The second-order valence-electron chi connectivity index (χ2n) is 5.04. The molecule has 1 N–H and O–H groups in total. The number of thioether (sulfide) groups is 1. The third kappa shape index (κ3) is 3.40. The van der Waals surface area contributed by atoms with Gasteiger partial charge in [0.25, 0.3) is 0 Å². The van der Waals surface area contributed by atoms with Crippen molar-refractivity contribution >= 4 is 46.3 Å². The Labute approximate surface area is 141 Å². The van der Waals surface area contributed by atoms with Gasteiger partial charge in [-0.15, -0.1) is 23.1 Å². The van der Waals surface area contributed by atoms with E-state index in [1.165, 1.54) is 17.4 Å². The second kappa shape index (κ2) is 6.47. The number of nitrogens with one attached hydrogen (secondary N) is 1. The number of rotatable bonds is 3. The van der Waals surface area contributed by atoms with Crippen LogP contribution in [0.1, 0.15) is 36.6 Å². The molecule has 2 heterocycles. The lowest BCUT2D eigenvalue weighted by molar-refractivity contribution is 0.448. The van der Waals surface area contributed by atoms with E-state index >= 15 is 0 Å². The van der Waals surface area contributed by atoms with Crippen molar-refractivity contribution in [2.45, 2.75) is 30.3 Å². The molecule has 0 radical (unpaired) electrons. The highest BCUT2D eigenvalue weighted by Gasteiger charge is 2.24. The molecule has 1 aliphatic rings. The van der Waals surface area contributed by atoms with Gasteiger partial charge in [-0.2, -0.15) is 0 Å². The van der Waals surface area contributed by atoms with Crippen molar-refractivity contribution < 1.29 is 4.39 Å². The van der Waals surface area contributed by atoms with Crippen molar-refractivity contribution in [1.82, 2.24) is 5.32 Å². The molecule has 0 aliphatic carbocycles. The topological polar surface area (TPSA) is 12.0 Å². The van der Waals surface area contributed by atoms with Crippen LogP contribution in [-0.2, 0) is 0 Å². The predicted octanol–water partition coefficient (Wildman–Crippen LogP) is 6.08. The van der Waals surface area contributed by atoms with Crippen LogP contribution in [0.5, 0.6) is 0 Å². The monoisotopic (exact) mass is 361 g/mol. The Kier molecular flexibility index (Phi) is 4.81. The molecule has 0 saturated carbocycles. The van der Waals surface area contributed by atoms with Crippen LogP contribution in [0.3, 0.4) is 0 Å². The molecule has 6 heteroatoms. The number of thiophene rings is 1. The molecule has 1 aromatic carbocycles. The highest BCUT2D eigenvalue weighted by molar-refractivity contribution is 7.99. The summed E-state index contributed by atoms with van der Waals surface area (Å²) in [5.74, 6) is 0.841. The zero-order valence-corrected chi connectivity index (χ0v) is 14.5. The van der Waals surface area contributed by atoms with E-state index in [2.05, 4.69) is 12.2 Å². The van der Waals surface area contributed by atoms with Gasteiger partial charge in [0.15, 0.2) is 0 Å². The van der Waals surface area contributed by atoms with Crippen molar-refractivity contribution in [1.29, 1.82) is 0 Å². The Balaban J connectivity index is 1.83. The van der Waals surface area contributed by atoms with Gasteiger partial charge in [0.05, 0.1) is 8.67 Å². The van der Waals surface area contributed by atoms with Crippen molar-refractivity contribution in [2.24, 2.45) is 0 Å². The van der Waals surface area contributed by atoms with E-state index in [9.17, 15) is 4.39 Å². The summed E-state index contributed by atoms with van der Waals surface area (Å²) in [5.41, 5.74) is 2.04. The highest BCUT2D eigenvalue weighted by atomic mass is 35.5. The number of hydrogen-bond acceptors (Lipinski definition) is 3. The molecule has 2 aromatic rings. The molecule has 2 atom stereocenters. The SMILES string of the molecule is CC(NC1CCSc2ccc(F)cc21)c1cc(Cl)sc1Cl. The van der Waals surface area contributed by atoms with Gasteiger partial charge in [-0.3, -0.25) is 0 Å². The van der Waals surface area contributed by atoms with Crippen LogP contribution in [0.15, 0.2) is 29.2 Å². The minimum absolute atomic E-state index is 0.0745. The average molecular weight is 362 g/mol. The smallest absolute Gasteiger partial charge is 0.123 e. The van der Waals surface area contributed by atoms with Gasteiger partial charge in [-0.1, -0.05) is 23.2 Å². The summed E-state index contributed by atoms with van der Waals surface area (Å²) >= 11 is 15.4. The third-order valence-corrected chi connectivity index (χ3v) is 6.25. The molecule has 1 aromatic heterocycles. The van der Waals surface area contributed by atoms with E-state index in [0.717, 1.165) is 28.2 Å². The molecule has 0 spiro atoms. The first-order chi connectivity index (χ1) is 10.0. The average Bonchev–Trinajstić information content (AvgIpc) is 2.78. The maximum absolute atomic E-state index is 13.5. The molecule has 3 rings (SSSR count). The Hall–Kier alpha value is -0.260. The fourth-order valence-electron chi connectivity index (χ4n) is 2.58. The fourth-order valence-corrected chi connectivity index (χ4v) is 5.33. The molecule has 0 fully saturated rings. The number of halogens is 3. The number of fused-ring (bicyclic) bond motifs is 1. The number of benzene rings is 1. The largest absolute Gasteiger partial charge is 0.303 e. The van der Waals surface area contributed by atoms with Crippen LogP contribution in [-0.4, -0.2) is 5.75 Å². The fraction of sp³-hybridized carbons (Fsp3) is 0.333. The van der Waals surface area contributed by atoms with Crippen molar-refractivity contribution in [3.05, 3.63) is 49.9 Å². The standard InChI is InChI=1S/C15H14Cl2FNS2/c1-8(10-7-14(16)21-15(10)17)19-12-4-5-20-13-3-2-9(18)6-11(12)13/h2-3,6-8,12,19H,4-5H2,1H3. The molecule has 21 heavy (non-hydrogen) atoms. The molecule has 0 saturated heterocycles. The molecule has 112 valence electrons. The Morgan fingerprint density at radius 1 is 1.33 bits per heavy atom. The predicted molar refractivity (Wildman–Crippen MR) is 90.4 cm³/mol. The summed E-state index contributed by atoms with van der Waals surface area (Å²) in [5, 5.41) is 3.56. The zero-order chi connectivity index (χ0) is 15.0. The Bertz CT molecular complexity index is 659. The van der Waals surface area contributed by atoms with E-state index in [4.69, 9.17) is 23.2 Å². The first-order valence-electron chi connectivity index (χ1n) is 6.67. The van der Waals surface area contributed by atoms with E-state index in [1.54, 1.807) is 17.8 Å². The summed E-state index contributed by atoms with van der Waals surface area (Å²) in [7, 11) is 0. The molecule has 0 amide bonds. The first kappa shape index (κ1) is 15.6. The van der Waals surface area contributed by atoms with Gasteiger partial charge in [-0.05, 0) is 54.5 Å². The van der Waals surface area contributed by atoms with Gasteiger partial charge < -0.3 is 5.32 Å². The van der Waals surface area contributed by atoms with E-state index < -0.39 is 0 Å². The number of hydrogen-bond donors (Lipinski definition) is 1.